The van der Waals surface area contributed by atoms with Crippen molar-refractivity contribution < 1.29 is 27.6 Å². The summed E-state index contributed by atoms with van der Waals surface area (Å²) in [5, 5.41) is 5.53. The molecule has 0 saturated carbocycles. The van der Waals surface area contributed by atoms with E-state index in [-0.39, 0.29) is 34.7 Å². The summed E-state index contributed by atoms with van der Waals surface area (Å²) in [7, 11) is 0. The maximum atomic E-state index is 13.3. The van der Waals surface area contributed by atoms with E-state index in [9.17, 15) is 27.6 Å². The Balaban J connectivity index is 1.47. The van der Waals surface area contributed by atoms with Crippen LogP contribution in [0, 0.1) is 0 Å². The van der Waals surface area contributed by atoms with Crippen LogP contribution in [0.15, 0.2) is 65.7 Å². The van der Waals surface area contributed by atoms with Gasteiger partial charge in [0.25, 0.3) is 5.91 Å². The third-order valence-electron chi connectivity index (χ3n) is 5.74. The molecule has 0 atom stereocenters. The van der Waals surface area contributed by atoms with E-state index in [1.165, 1.54) is 53.6 Å². The van der Waals surface area contributed by atoms with Crippen LogP contribution in [-0.2, 0) is 11.3 Å². The highest BCUT2D eigenvalue weighted by Crippen LogP contribution is 2.39. The standard InChI is InChI=1S/C25H22ClF3N6O3S/c1-24(2)21(36)35(18-3-5-19(6-4-18)39-25(27,28)29)23(38)34(24)13-14-7-8-31-20(9-14)33-22(37)32-17-11-15(26)10-16(30)12-17/h3-12H,13,30H2,1-2H3,(H2,31,32,33,37). The van der Waals surface area contributed by atoms with Crippen molar-refractivity contribution in [3.63, 3.8) is 0 Å². The van der Waals surface area contributed by atoms with E-state index < -0.39 is 29.0 Å². The Morgan fingerprint density at radius 1 is 1.08 bits per heavy atom. The molecular weight excluding hydrogens is 557 g/mol. The number of benzene rings is 2. The van der Waals surface area contributed by atoms with Crippen molar-refractivity contribution in [3.8, 4) is 0 Å². The summed E-state index contributed by atoms with van der Waals surface area (Å²) in [5.74, 6) is -0.346. The molecule has 0 bridgehead atoms. The Bertz CT molecular complexity index is 1420. The molecule has 39 heavy (non-hydrogen) atoms. The van der Waals surface area contributed by atoms with Crippen LogP contribution in [0.5, 0.6) is 0 Å². The fourth-order valence-corrected chi connectivity index (χ4v) is 4.70. The van der Waals surface area contributed by atoms with Crippen molar-refractivity contribution >= 4 is 64.2 Å². The molecule has 1 aromatic heterocycles. The van der Waals surface area contributed by atoms with Crippen molar-refractivity contribution in [3.05, 3.63) is 71.4 Å². The molecule has 1 aliphatic rings. The minimum Gasteiger partial charge on any atom is -0.399 e. The van der Waals surface area contributed by atoms with Gasteiger partial charge < -0.3 is 16.0 Å². The molecule has 4 N–H and O–H groups in total. The van der Waals surface area contributed by atoms with E-state index in [1.807, 2.05) is 0 Å². The first kappa shape index (κ1) is 28.0. The highest BCUT2D eigenvalue weighted by atomic mass is 35.5. The molecule has 14 heteroatoms. The van der Waals surface area contributed by atoms with Crippen molar-refractivity contribution in [2.24, 2.45) is 0 Å². The second kappa shape index (κ2) is 10.7. The molecule has 9 nitrogen and oxygen atoms in total. The van der Waals surface area contributed by atoms with Crippen LogP contribution in [0.3, 0.4) is 0 Å². The fourth-order valence-electron chi connectivity index (χ4n) is 3.91. The number of halogens is 4. The van der Waals surface area contributed by atoms with E-state index in [0.717, 1.165) is 4.90 Å². The lowest BCUT2D eigenvalue weighted by molar-refractivity contribution is -0.123. The van der Waals surface area contributed by atoms with Crippen molar-refractivity contribution in [1.82, 2.24) is 9.88 Å². The number of nitrogens with one attached hydrogen (secondary N) is 2. The third-order valence-corrected chi connectivity index (χ3v) is 6.69. The van der Waals surface area contributed by atoms with E-state index in [1.54, 1.807) is 26.0 Å². The molecule has 0 spiro atoms. The monoisotopic (exact) mass is 578 g/mol. The van der Waals surface area contributed by atoms with Gasteiger partial charge in [0.05, 0.1) is 5.69 Å². The predicted octanol–water partition coefficient (Wildman–Crippen LogP) is 6.32. The highest BCUT2D eigenvalue weighted by molar-refractivity contribution is 8.00. The van der Waals surface area contributed by atoms with Gasteiger partial charge in [-0.15, -0.1) is 0 Å². The summed E-state index contributed by atoms with van der Waals surface area (Å²) in [5.41, 5.74) is 1.50. The number of nitrogen functional groups attached to an aromatic ring is 1. The number of anilines is 4. The van der Waals surface area contributed by atoms with Gasteiger partial charge in [-0.2, -0.15) is 13.2 Å². The molecule has 0 aliphatic carbocycles. The van der Waals surface area contributed by atoms with Crippen LogP contribution in [0.1, 0.15) is 19.4 Å². The number of aromatic nitrogens is 1. The van der Waals surface area contributed by atoms with Gasteiger partial charge in [0, 0.05) is 34.0 Å². The number of hydrogen-bond acceptors (Lipinski definition) is 6. The Kier molecular flexibility index (Phi) is 7.66. The van der Waals surface area contributed by atoms with Crippen LogP contribution in [-0.4, -0.2) is 38.9 Å². The number of urea groups is 2. The average Bonchev–Trinajstić information content (AvgIpc) is 2.97. The number of alkyl halides is 3. The van der Waals surface area contributed by atoms with Crippen molar-refractivity contribution in [2.75, 3.05) is 21.3 Å². The molecule has 0 radical (unpaired) electrons. The lowest BCUT2D eigenvalue weighted by Gasteiger charge is -2.27. The summed E-state index contributed by atoms with van der Waals surface area (Å²) in [6.07, 6.45) is 1.44. The average molecular weight is 579 g/mol. The van der Waals surface area contributed by atoms with Crippen LogP contribution >= 0.6 is 23.4 Å². The van der Waals surface area contributed by atoms with Crippen LogP contribution in [0.2, 0.25) is 5.02 Å². The Morgan fingerprint density at radius 2 is 1.77 bits per heavy atom. The zero-order valence-corrected chi connectivity index (χ0v) is 22.1. The fraction of sp³-hybridized carbons (Fsp3) is 0.200. The van der Waals surface area contributed by atoms with E-state index in [4.69, 9.17) is 17.3 Å². The van der Waals surface area contributed by atoms with E-state index in [0.29, 0.717) is 22.0 Å². The Labute approximate surface area is 230 Å². The van der Waals surface area contributed by atoms with Gasteiger partial charge in [-0.05, 0) is 85.8 Å². The van der Waals surface area contributed by atoms with E-state index in [2.05, 4.69) is 15.6 Å². The number of nitrogens with two attached hydrogens (primary N) is 1. The number of hydrogen-bond donors (Lipinski definition) is 3. The topological polar surface area (TPSA) is 121 Å². The zero-order chi connectivity index (χ0) is 28.5. The van der Waals surface area contributed by atoms with Gasteiger partial charge >= 0.3 is 17.6 Å². The molecule has 2 aromatic carbocycles. The molecule has 204 valence electrons. The summed E-state index contributed by atoms with van der Waals surface area (Å²) in [6.45, 7) is 3.15. The Morgan fingerprint density at radius 3 is 2.41 bits per heavy atom. The number of nitrogens with zero attached hydrogens (tertiary/aromatic N) is 3. The molecule has 4 rings (SSSR count). The zero-order valence-electron chi connectivity index (χ0n) is 20.5. The number of imide groups is 1. The van der Waals surface area contributed by atoms with E-state index >= 15 is 0 Å². The molecule has 1 fully saturated rings. The summed E-state index contributed by atoms with van der Waals surface area (Å²) >= 11 is 5.67. The predicted molar refractivity (Wildman–Crippen MR) is 144 cm³/mol. The SMILES string of the molecule is CC1(C)C(=O)N(c2ccc(SC(F)(F)F)cc2)C(=O)N1Cc1ccnc(NC(=O)Nc2cc(N)cc(Cl)c2)c1. The lowest BCUT2D eigenvalue weighted by atomic mass is 10.0. The molecule has 2 heterocycles. The first-order chi connectivity index (χ1) is 18.2. The molecule has 1 aliphatic heterocycles. The second-order valence-electron chi connectivity index (χ2n) is 9.01. The quantitative estimate of drug-likeness (QED) is 0.179. The van der Waals surface area contributed by atoms with Gasteiger partial charge in [-0.3, -0.25) is 10.1 Å². The minimum atomic E-state index is -4.46. The van der Waals surface area contributed by atoms with Crippen molar-refractivity contribution in [1.29, 1.82) is 0 Å². The van der Waals surface area contributed by atoms with Crippen LogP contribution in [0.4, 0.5) is 45.6 Å². The summed E-state index contributed by atoms with van der Waals surface area (Å²) in [4.78, 5) is 45.2. The summed E-state index contributed by atoms with van der Waals surface area (Å²) in [6, 6.07) is 11.5. The smallest absolute Gasteiger partial charge is 0.399 e. The second-order valence-corrected chi connectivity index (χ2v) is 10.6. The number of pyridine rings is 1. The van der Waals surface area contributed by atoms with Crippen LogP contribution in [0.25, 0.3) is 0 Å². The minimum absolute atomic E-state index is 0.000270. The van der Waals surface area contributed by atoms with Gasteiger partial charge in [0.15, 0.2) is 0 Å². The van der Waals surface area contributed by atoms with Gasteiger partial charge in [0.1, 0.15) is 11.4 Å². The normalized spacial score (nSPS) is 15.0. The number of rotatable bonds is 6. The van der Waals surface area contributed by atoms with Crippen LogP contribution < -0.4 is 21.3 Å². The van der Waals surface area contributed by atoms with Gasteiger partial charge in [-0.25, -0.2) is 19.5 Å². The maximum absolute atomic E-state index is 13.3. The number of carbonyl (C=O) groups is 3. The van der Waals surface area contributed by atoms with Gasteiger partial charge in [-0.1, -0.05) is 11.6 Å². The maximum Gasteiger partial charge on any atom is 0.446 e. The number of carbonyl (C=O) groups excluding carboxylic acids is 3. The Hall–Kier alpha value is -3.97. The lowest BCUT2D eigenvalue weighted by Crippen LogP contribution is -2.43. The number of amides is 5. The largest absolute Gasteiger partial charge is 0.446 e. The molecule has 3 aromatic rings. The third kappa shape index (κ3) is 6.55. The molecule has 0 unspecified atom stereocenters. The first-order valence-corrected chi connectivity index (χ1v) is 12.5. The number of thioether (sulfide) groups is 1. The van der Waals surface area contributed by atoms with Gasteiger partial charge in [0.2, 0.25) is 0 Å². The summed E-state index contributed by atoms with van der Waals surface area (Å²) < 4.78 is 37.9. The molecule has 1 saturated heterocycles. The van der Waals surface area contributed by atoms with Crippen molar-refractivity contribution in [2.45, 2.75) is 36.3 Å². The molecular formula is C25H22ClF3N6O3S. The first-order valence-electron chi connectivity index (χ1n) is 11.3. The highest BCUT2D eigenvalue weighted by Gasteiger charge is 2.51. The molecule has 5 amide bonds.